The van der Waals surface area contributed by atoms with Gasteiger partial charge in [-0.3, -0.25) is 0 Å². The number of nitriles is 2. The molecule has 4 nitrogen and oxygen atoms in total. The summed E-state index contributed by atoms with van der Waals surface area (Å²) >= 11 is 0. The summed E-state index contributed by atoms with van der Waals surface area (Å²) in [6.45, 7) is 3.25. The van der Waals surface area contributed by atoms with Crippen molar-refractivity contribution in [3.8, 4) is 12.1 Å². The van der Waals surface area contributed by atoms with Crippen LogP contribution in [0.3, 0.4) is 0 Å². The SMILES string of the molecule is N#C[C](C#N)c1ccc(N2CCOCC2)cc1. The highest BCUT2D eigenvalue weighted by Crippen LogP contribution is 2.20. The number of benzene rings is 1. The van der Waals surface area contributed by atoms with Gasteiger partial charge < -0.3 is 9.64 Å². The molecule has 0 aromatic heterocycles. The van der Waals surface area contributed by atoms with Crippen LogP contribution in [0.5, 0.6) is 0 Å². The standard InChI is InChI=1S/C13H12N3O/c14-9-12(10-15)11-1-3-13(4-2-11)16-5-7-17-8-6-16/h1-4H,5-8H2. The second kappa shape index (κ2) is 5.34. The van der Waals surface area contributed by atoms with E-state index in [0.29, 0.717) is 5.56 Å². The van der Waals surface area contributed by atoms with Crippen molar-refractivity contribution in [1.82, 2.24) is 0 Å². The van der Waals surface area contributed by atoms with E-state index in [1.807, 2.05) is 36.4 Å². The topological polar surface area (TPSA) is 60.0 Å². The average Bonchev–Trinajstić information content (AvgIpc) is 2.42. The molecule has 1 aliphatic heterocycles. The van der Waals surface area contributed by atoms with Crippen molar-refractivity contribution in [2.45, 2.75) is 0 Å². The second-order valence-electron chi connectivity index (χ2n) is 3.74. The van der Waals surface area contributed by atoms with Gasteiger partial charge in [-0.15, -0.1) is 0 Å². The Kier molecular flexibility index (Phi) is 3.59. The van der Waals surface area contributed by atoms with Crippen LogP contribution in [0.1, 0.15) is 5.56 Å². The maximum Gasteiger partial charge on any atom is 0.204 e. The van der Waals surface area contributed by atoms with E-state index < -0.39 is 0 Å². The third-order valence-electron chi connectivity index (χ3n) is 2.76. The zero-order chi connectivity index (χ0) is 12.1. The molecule has 1 aliphatic rings. The van der Waals surface area contributed by atoms with Gasteiger partial charge in [-0.05, 0) is 17.7 Å². The van der Waals surface area contributed by atoms with Crippen LogP contribution in [-0.4, -0.2) is 26.3 Å². The van der Waals surface area contributed by atoms with Gasteiger partial charge in [0, 0.05) is 18.8 Å². The lowest BCUT2D eigenvalue weighted by atomic mass is 10.0. The molecule has 1 fully saturated rings. The molecule has 85 valence electrons. The molecular formula is C13H12N3O. The first kappa shape index (κ1) is 11.4. The number of rotatable bonds is 2. The molecule has 17 heavy (non-hydrogen) atoms. The molecule has 0 unspecified atom stereocenters. The van der Waals surface area contributed by atoms with Gasteiger partial charge in [0.25, 0.3) is 0 Å². The maximum absolute atomic E-state index is 8.76. The van der Waals surface area contributed by atoms with Crippen LogP contribution in [0, 0.1) is 28.6 Å². The van der Waals surface area contributed by atoms with Gasteiger partial charge in [0.2, 0.25) is 5.92 Å². The van der Waals surface area contributed by atoms with Crippen molar-refractivity contribution < 1.29 is 4.74 Å². The predicted octanol–water partition coefficient (Wildman–Crippen LogP) is 1.49. The van der Waals surface area contributed by atoms with Gasteiger partial charge in [-0.1, -0.05) is 12.1 Å². The summed E-state index contributed by atoms with van der Waals surface area (Å²) < 4.78 is 5.29. The molecule has 2 rings (SSSR count). The summed E-state index contributed by atoms with van der Waals surface area (Å²) in [6, 6.07) is 11.3. The normalized spacial score (nSPS) is 15.4. The van der Waals surface area contributed by atoms with Crippen LogP contribution in [0.15, 0.2) is 24.3 Å². The summed E-state index contributed by atoms with van der Waals surface area (Å²) in [5.41, 5.74) is 1.78. The minimum atomic E-state index is 0.151. The van der Waals surface area contributed by atoms with Crippen LogP contribution >= 0.6 is 0 Å². The zero-order valence-electron chi connectivity index (χ0n) is 9.39. The van der Waals surface area contributed by atoms with Crippen LogP contribution in [0.25, 0.3) is 0 Å². The summed E-state index contributed by atoms with van der Waals surface area (Å²) in [5, 5.41) is 17.5. The number of anilines is 1. The summed E-state index contributed by atoms with van der Waals surface area (Å²) in [4.78, 5) is 2.23. The average molecular weight is 226 g/mol. The Morgan fingerprint density at radius 3 is 2.18 bits per heavy atom. The van der Waals surface area contributed by atoms with E-state index in [1.165, 1.54) is 0 Å². The molecule has 4 heteroatoms. The fourth-order valence-electron chi connectivity index (χ4n) is 1.81. The first-order chi connectivity index (χ1) is 8.35. The third kappa shape index (κ3) is 2.55. The van der Waals surface area contributed by atoms with Gasteiger partial charge in [-0.2, -0.15) is 10.5 Å². The van der Waals surface area contributed by atoms with Gasteiger partial charge >= 0.3 is 0 Å². The molecule has 1 aromatic carbocycles. The minimum Gasteiger partial charge on any atom is -0.378 e. The lowest BCUT2D eigenvalue weighted by Gasteiger charge is -2.28. The smallest absolute Gasteiger partial charge is 0.204 e. The fourth-order valence-corrected chi connectivity index (χ4v) is 1.81. The molecule has 0 bridgehead atoms. The van der Waals surface area contributed by atoms with Crippen LogP contribution in [0.4, 0.5) is 5.69 Å². The van der Waals surface area contributed by atoms with Crippen LogP contribution < -0.4 is 4.90 Å². The monoisotopic (exact) mass is 226 g/mol. The van der Waals surface area contributed by atoms with E-state index in [4.69, 9.17) is 15.3 Å². The van der Waals surface area contributed by atoms with E-state index in [9.17, 15) is 0 Å². The summed E-state index contributed by atoms with van der Waals surface area (Å²) in [7, 11) is 0. The van der Waals surface area contributed by atoms with Gasteiger partial charge in [0.05, 0.1) is 25.4 Å². The van der Waals surface area contributed by atoms with Crippen molar-refractivity contribution >= 4 is 5.69 Å². The molecule has 1 radical (unpaired) electrons. The number of hydrogen-bond donors (Lipinski definition) is 0. The van der Waals surface area contributed by atoms with Gasteiger partial charge in [0.15, 0.2) is 0 Å². The Hall–Kier alpha value is -2.04. The largest absolute Gasteiger partial charge is 0.378 e. The van der Waals surface area contributed by atoms with Gasteiger partial charge in [-0.25, -0.2) is 0 Å². The van der Waals surface area contributed by atoms with Crippen LogP contribution in [0.2, 0.25) is 0 Å². The number of morpholine rings is 1. The van der Waals surface area contributed by atoms with Crippen molar-refractivity contribution in [2.75, 3.05) is 31.2 Å². The Labute approximate surface area is 101 Å². The van der Waals surface area contributed by atoms with E-state index >= 15 is 0 Å². The molecule has 0 aliphatic carbocycles. The third-order valence-corrected chi connectivity index (χ3v) is 2.76. The van der Waals surface area contributed by atoms with E-state index in [-0.39, 0.29) is 5.92 Å². The quantitative estimate of drug-likeness (QED) is 0.766. The summed E-state index contributed by atoms with van der Waals surface area (Å²) in [5.74, 6) is 0.151. The van der Waals surface area contributed by atoms with Crippen molar-refractivity contribution in [1.29, 1.82) is 10.5 Å². The molecule has 1 heterocycles. The Balaban J connectivity index is 2.13. The molecule has 0 saturated carbocycles. The number of ether oxygens (including phenoxy) is 1. The molecule has 0 amide bonds. The van der Waals surface area contributed by atoms with Gasteiger partial charge in [0.1, 0.15) is 0 Å². The summed E-state index contributed by atoms with van der Waals surface area (Å²) in [6.07, 6.45) is 0. The molecular weight excluding hydrogens is 214 g/mol. The first-order valence-electron chi connectivity index (χ1n) is 5.45. The van der Waals surface area contributed by atoms with Crippen molar-refractivity contribution in [2.24, 2.45) is 0 Å². The lowest BCUT2D eigenvalue weighted by Crippen LogP contribution is -2.36. The van der Waals surface area contributed by atoms with E-state index in [2.05, 4.69) is 4.90 Å². The lowest BCUT2D eigenvalue weighted by molar-refractivity contribution is 0.122. The molecule has 0 spiro atoms. The molecule has 0 atom stereocenters. The Bertz CT molecular complexity index is 435. The molecule has 1 aromatic rings. The first-order valence-corrected chi connectivity index (χ1v) is 5.45. The fraction of sp³-hybridized carbons (Fsp3) is 0.308. The van der Waals surface area contributed by atoms with Crippen molar-refractivity contribution in [3.63, 3.8) is 0 Å². The number of nitrogens with zero attached hydrogens (tertiary/aromatic N) is 3. The molecule has 1 saturated heterocycles. The highest BCUT2D eigenvalue weighted by molar-refractivity contribution is 5.54. The second-order valence-corrected chi connectivity index (χ2v) is 3.74. The predicted molar refractivity (Wildman–Crippen MR) is 63.0 cm³/mol. The Morgan fingerprint density at radius 2 is 1.65 bits per heavy atom. The highest BCUT2D eigenvalue weighted by Gasteiger charge is 2.13. The van der Waals surface area contributed by atoms with E-state index in [1.54, 1.807) is 0 Å². The Morgan fingerprint density at radius 1 is 1.06 bits per heavy atom. The van der Waals surface area contributed by atoms with Crippen molar-refractivity contribution in [3.05, 3.63) is 35.7 Å². The highest BCUT2D eigenvalue weighted by atomic mass is 16.5. The molecule has 0 N–H and O–H groups in total. The minimum absolute atomic E-state index is 0.151. The zero-order valence-corrected chi connectivity index (χ0v) is 9.39. The maximum atomic E-state index is 8.76. The number of hydrogen-bond acceptors (Lipinski definition) is 4. The van der Waals surface area contributed by atoms with Crippen LogP contribution in [-0.2, 0) is 4.74 Å². The van der Waals surface area contributed by atoms with E-state index in [0.717, 1.165) is 32.0 Å².